The number of carbonyl (C=O) groups is 1. The highest BCUT2D eigenvalue weighted by atomic mass is 16.1. The van der Waals surface area contributed by atoms with Crippen molar-refractivity contribution in [3.05, 3.63) is 0 Å². The molecule has 0 saturated carbocycles. The molecule has 0 heterocycles. The van der Waals surface area contributed by atoms with Crippen molar-refractivity contribution in [1.82, 2.24) is 16.0 Å². The molecule has 5 nitrogen and oxygen atoms in total. The van der Waals surface area contributed by atoms with Crippen LogP contribution in [0.2, 0.25) is 0 Å². The van der Waals surface area contributed by atoms with E-state index >= 15 is 0 Å². The van der Waals surface area contributed by atoms with Crippen LogP contribution in [0.1, 0.15) is 27.7 Å². The van der Waals surface area contributed by atoms with Gasteiger partial charge in [0, 0.05) is 25.6 Å². The molecule has 0 spiro atoms. The average molecular weight is 228 g/mol. The highest BCUT2D eigenvalue weighted by molar-refractivity contribution is 5.80. The van der Waals surface area contributed by atoms with Crippen molar-refractivity contribution in [2.45, 2.75) is 27.7 Å². The van der Waals surface area contributed by atoms with Gasteiger partial charge in [-0.1, -0.05) is 13.8 Å². The minimum Gasteiger partial charge on any atom is -0.357 e. The Balaban J connectivity index is 3.81. The topological polar surface area (TPSA) is 65.5 Å². The van der Waals surface area contributed by atoms with Crippen LogP contribution in [0, 0.1) is 5.92 Å². The third kappa shape index (κ3) is 7.09. The fourth-order valence-corrected chi connectivity index (χ4v) is 1.06. The highest BCUT2D eigenvalue weighted by Crippen LogP contribution is 1.89. The van der Waals surface area contributed by atoms with Gasteiger partial charge in [-0.2, -0.15) is 0 Å². The molecule has 1 amide bonds. The number of carbonyl (C=O) groups excluding carboxylic acids is 1. The molecule has 0 aromatic heterocycles. The van der Waals surface area contributed by atoms with Crippen molar-refractivity contribution in [2.24, 2.45) is 10.9 Å². The van der Waals surface area contributed by atoms with Crippen LogP contribution in [-0.2, 0) is 4.79 Å². The number of guanidine groups is 1. The van der Waals surface area contributed by atoms with Crippen LogP contribution in [0.25, 0.3) is 0 Å². The van der Waals surface area contributed by atoms with Gasteiger partial charge >= 0.3 is 0 Å². The Morgan fingerprint density at radius 3 is 2.12 bits per heavy atom. The standard InChI is InChI=1S/C11H24N4O/c1-5-12-11(13-6-2)15-8-7-14-10(16)9(3)4/h9H,5-8H2,1-4H3,(H,14,16)(H2,12,13,15). The van der Waals surface area contributed by atoms with Crippen LogP contribution in [0.4, 0.5) is 0 Å². The monoisotopic (exact) mass is 228 g/mol. The van der Waals surface area contributed by atoms with E-state index in [4.69, 9.17) is 0 Å². The molecule has 0 aliphatic rings. The quantitative estimate of drug-likeness (QED) is 0.349. The molecule has 5 heteroatoms. The minimum absolute atomic E-state index is 0.0333. The van der Waals surface area contributed by atoms with Crippen LogP contribution in [0.15, 0.2) is 4.99 Å². The maximum atomic E-state index is 11.2. The smallest absolute Gasteiger partial charge is 0.222 e. The van der Waals surface area contributed by atoms with Crippen molar-refractivity contribution in [3.63, 3.8) is 0 Å². The predicted octanol–water partition coefficient (Wildman–Crippen LogP) is 0.334. The normalized spacial score (nSPS) is 9.81. The second kappa shape index (κ2) is 9.00. The molecule has 16 heavy (non-hydrogen) atoms. The first-order chi connectivity index (χ1) is 7.61. The lowest BCUT2D eigenvalue weighted by Crippen LogP contribution is -2.38. The number of nitrogens with zero attached hydrogens (tertiary/aromatic N) is 1. The van der Waals surface area contributed by atoms with Gasteiger partial charge in [-0.15, -0.1) is 0 Å². The molecule has 0 atom stereocenters. The number of nitrogens with one attached hydrogen (secondary N) is 3. The first-order valence-corrected chi connectivity index (χ1v) is 5.91. The molecular formula is C11H24N4O. The third-order valence-electron chi connectivity index (χ3n) is 1.89. The molecule has 94 valence electrons. The maximum absolute atomic E-state index is 11.2. The van der Waals surface area contributed by atoms with Crippen molar-refractivity contribution in [2.75, 3.05) is 26.2 Å². The zero-order valence-electron chi connectivity index (χ0n) is 10.8. The molecule has 0 fully saturated rings. The molecule has 0 aliphatic heterocycles. The summed E-state index contributed by atoms with van der Waals surface area (Å²) < 4.78 is 0. The Morgan fingerprint density at radius 1 is 1.12 bits per heavy atom. The molecule has 0 rings (SSSR count). The van der Waals surface area contributed by atoms with E-state index in [-0.39, 0.29) is 11.8 Å². The predicted molar refractivity (Wildman–Crippen MR) is 67.5 cm³/mol. The second-order valence-electron chi connectivity index (χ2n) is 3.74. The zero-order valence-corrected chi connectivity index (χ0v) is 10.8. The van der Waals surface area contributed by atoms with E-state index in [2.05, 4.69) is 20.9 Å². The number of amides is 1. The number of rotatable bonds is 6. The summed E-state index contributed by atoms with van der Waals surface area (Å²) in [6, 6.07) is 0. The summed E-state index contributed by atoms with van der Waals surface area (Å²) in [5.41, 5.74) is 0. The molecular weight excluding hydrogens is 204 g/mol. The highest BCUT2D eigenvalue weighted by Gasteiger charge is 2.04. The lowest BCUT2D eigenvalue weighted by molar-refractivity contribution is -0.123. The SMILES string of the molecule is CCNC(=NCCNC(=O)C(C)C)NCC. The molecule has 0 bridgehead atoms. The summed E-state index contributed by atoms with van der Waals surface area (Å²) >= 11 is 0. The van der Waals surface area contributed by atoms with Crippen LogP contribution in [0.3, 0.4) is 0 Å². The molecule has 0 aromatic carbocycles. The fraction of sp³-hybridized carbons (Fsp3) is 0.818. The van der Waals surface area contributed by atoms with Gasteiger partial charge in [0.25, 0.3) is 0 Å². The Labute approximate surface area is 98.1 Å². The first kappa shape index (κ1) is 14.7. The van der Waals surface area contributed by atoms with Gasteiger partial charge in [-0.05, 0) is 13.8 Å². The Morgan fingerprint density at radius 2 is 1.69 bits per heavy atom. The number of hydrogen-bond donors (Lipinski definition) is 3. The second-order valence-corrected chi connectivity index (χ2v) is 3.74. The van der Waals surface area contributed by atoms with Gasteiger partial charge in [-0.25, -0.2) is 0 Å². The van der Waals surface area contributed by atoms with Gasteiger partial charge in [0.05, 0.1) is 6.54 Å². The maximum Gasteiger partial charge on any atom is 0.222 e. The molecule has 0 unspecified atom stereocenters. The lowest BCUT2D eigenvalue weighted by atomic mass is 10.2. The van der Waals surface area contributed by atoms with E-state index < -0.39 is 0 Å². The van der Waals surface area contributed by atoms with E-state index in [1.165, 1.54) is 0 Å². The summed E-state index contributed by atoms with van der Waals surface area (Å²) in [6.45, 7) is 10.6. The van der Waals surface area contributed by atoms with E-state index in [0.717, 1.165) is 19.0 Å². The Kier molecular flexibility index (Phi) is 8.29. The largest absolute Gasteiger partial charge is 0.357 e. The van der Waals surface area contributed by atoms with Gasteiger partial charge in [0.15, 0.2) is 5.96 Å². The first-order valence-electron chi connectivity index (χ1n) is 5.91. The van der Waals surface area contributed by atoms with Gasteiger partial charge in [-0.3, -0.25) is 9.79 Å². The summed E-state index contributed by atoms with van der Waals surface area (Å²) in [5.74, 6) is 0.901. The minimum atomic E-state index is 0.0333. The van der Waals surface area contributed by atoms with Crippen molar-refractivity contribution in [3.8, 4) is 0 Å². The van der Waals surface area contributed by atoms with Crippen molar-refractivity contribution in [1.29, 1.82) is 0 Å². The van der Waals surface area contributed by atoms with E-state index in [0.29, 0.717) is 13.1 Å². The number of aliphatic imine (C=N–C) groups is 1. The van der Waals surface area contributed by atoms with Crippen LogP contribution < -0.4 is 16.0 Å². The summed E-state index contributed by atoms with van der Waals surface area (Å²) in [7, 11) is 0. The Bertz CT molecular complexity index is 218. The van der Waals surface area contributed by atoms with Crippen LogP contribution >= 0.6 is 0 Å². The molecule has 0 saturated heterocycles. The van der Waals surface area contributed by atoms with Gasteiger partial charge in [0.1, 0.15) is 0 Å². The van der Waals surface area contributed by atoms with E-state index in [1.54, 1.807) is 0 Å². The average Bonchev–Trinajstić information content (AvgIpc) is 2.24. The van der Waals surface area contributed by atoms with Crippen molar-refractivity contribution >= 4 is 11.9 Å². The Hall–Kier alpha value is -1.26. The summed E-state index contributed by atoms with van der Waals surface area (Å²) in [5, 5.41) is 9.06. The summed E-state index contributed by atoms with van der Waals surface area (Å²) in [4.78, 5) is 15.6. The van der Waals surface area contributed by atoms with Gasteiger partial charge in [0.2, 0.25) is 5.91 Å². The third-order valence-corrected chi connectivity index (χ3v) is 1.89. The van der Waals surface area contributed by atoms with Crippen molar-refractivity contribution < 1.29 is 4.79 Å². The summed E-state index contributed by atoms with van der Waals surface area (Å²) in [6.07, 6.45) is 0. The van der Waals surface area contributed by atoms with Crippen LogP contribution in [0.5, 0.6) is 0 Å². The van der Waals surface area contributed by atoms with E-state index in [1.807, 2.05) is 27.7 Å². The molecule has 0 radical (unpaired) electrons. The zero-order chi connectivity index (χ0) is 12.4. The molecule has 0 aliphatic carbocycles. The molecule has 0 aromatic rings. The van der Waals surface area contributed by atoms with Crippen LogP contribution in [-0.4, -0.2) is 38.0 Å². The van der Waals surface area contributed by atoms with E-state index in [9.17, 15) is 4.79 Å². The fourth-order valence-electron chi connectivity index (χ4n) is 1.06. The molecule has 3 N–H and O–H groups in total. The number of hydrogen-bond acceptors (Lipinski definition) is 2. The van der Waals surface area contributed by atoms with Gasteiger partial charge < -0.3 is 16.0 Å². The lowest BCUT2D eigenvalue weighted by Gasteiger charge is -2.10.